The SMILES string of the molecule is CC1(C)c2ccc(-c3cccc(C4=CC(c5ccccc5)=NC(c5ccccc5)C4)c3)cc2-c2cc3c(cc21)-c1ccccc1C3. The molecule has 3 aliphatic rings. The number of aliphatic imine (C=N–C) groups is 1. The molecule has 0 radical (unpaired) electrons. The Labute approximate surface area is 271 Å². The van der Waals surface area contributed by atoms with Gasteiger partial charge >= 0.3 is 0 Å². The number of dihydropyridines is 1. The molecule has 6 aromatic carbocycles. The zero-order valence-electron chi connectivity index (χ0n) is 26.3. The number of hydrogen-bond acceptors (Lipinski definition) is 1. The first-order valence-electron chi connectivity index (χ1n) is 16.4. The minimum absolute atomic E-state index is 0.0376. The van der Waals surface area contributed by atoms with Crippen LogP contribution in [-0.2, 0) is 11.8 Å². The first kappa shape index (κ1) is 27.1. The first-order valence-corrected chi connectivity index (χ1v) is 16.4. The minimum Gasteiger partial charge on any atom is -0.276 e. The predicted octanol–water partition coefficient (Wildman–Crippen LogP) is 11.2. The topological polar surface area (TPSA) is 12.4 Å². The summed E-state index contributed by atoms with van der Waals surface area (Å²) >= 11 is 0. The molecular weight excluding hydrogens is 555 g/mol. The maximum atomic E-state index is 5.23. The van der Waals surface area contributed by atoms with E-state index in [9.17, 15) is 0 Å². The highest BCUT2D eigenvalue weighted by molar-refractivity contribution is 6.13. The molecule has 0 saturated carbocycles. The fourth-order valence-corrected chi connectivity index (χ4v) is 7.98. The van der Waals surface area contributed by atoms with Crippen LogP contribution in [0.3, 0.4) is 0 Å². The molecule has 1 unspecified atom stereocenters. The molecule has 46 heavy (non-hydrogen) atoms. The fraction of sp³-hybridized carbons (Fsp3) is 0.133. The number of hydrogen-bond donors (Lipinski definition) is 0. The highest BCUT2D eigenvalue weighted by Gasteiger charge is 2.37. The Balaban J connectivity index is 1.11. The van der Waals surface area contributed by atoms with Crippen molar-refractivity contribution in [3.8, 4) is 33.4 Å². The summed E-state index contributed by atoms with van der Waals surface area (Å²) < 4.78 is 0. The molecule has 2 aliphatic carbocycles. The summed E-state index contributed by atoms with van der Waals surface area (Å²) in [6.45, 7) is 4.77. The van der Waals surface area contributed by atoms with E-state index in [1.54, 1.807) is 0 Å². The van der Waals surface area contributed by atoms with Gasteiger partial charge in [0, 0.05) is 5.41 Å². The standard InChI is InChI=1S/C45H35N/c1-45(2)41-21-20-33(24-39(41)40-25-36-23-34-16-9-10-19-37(34)38(36)28-42(40)45)31-17-11-18-32(22-31)35-26-43(29-12-5-3-6-13-29)46-44(27-35)30-14-7-4-8-15-30/h3-22,24-26,28,44H,23,27H2,1-2H3. The summed E-state index contributed by atoms with van der Waals surface area (Å²) in [5.41, 5.74) is 19.9. The summed E-state index contributed by atoms with van der Waals surface area (Å²) in [5.74, 6) is 0. The van der Waals surface area contributed by atoms with Gasteiger partial charge in [0.05, 0.1) is 11.8 Å². The molecule has 6 aromatic rings. The van der Waals surface area contributed by atoms with Gasteiger partial charge in [-0.1, -0.05) is 129 Å². The van der Waals surface area contributed by atoms with Crippen LogP contribution in [0.4, 0.5) is 0 Å². The van der Waals surface area contributed by atoms with E-state index in [1.807, 2.05) is 0 Å². The summed E-state index contributed by atoms with van der Waals surface area (Å²) in [7, 11) is 0. The third-order valence-corrected chi connectivity index (χ3v) is 10.4. The lowest BCUT2D eigenvalue weighted by Gasteiger charge is -2.23. The molecule has 220 valence electrons. The second-order valence-electron chi connectivity index (χ2n) is 13.5. The molecule has 0 amide bonds. The zero-order chi connectivity index (χ0) is 30.8. The number of rotatable bonds is 4. The van der Waals surface area contributed by atoms with Crippen LogP contribution >= 0.6 is 0 Å². The Morgan fingerprint density at radius 1 is 0.522 bits per heavy atom. The lowest BCUT2D eigenvalue weighted by molar-refractivity contribution is 0.660. The second kappa shape index (κ2) is 10.4. The Kier molecular flexibility index (Phi) is 6.12. The van der Waals surface area contributed by atoms with Crippen molar-refractivity contribution in [1.29, 1.82) is 0 Å². The van der Waals surface area contributed by atoms with Crippen LogP contribution in [0.5, 0.6) is 0 Å². The Hall–Kier alpha value is -5.27. The number of benzene rings is 6. The van der Waals surface area contributed by atoms with Gasteiger partial charge in [-0.15, -0.1) is 0 Å². The molecule has 1 nitrogen and oxygen atoms in total. The third-order valence-electron chi connectivity index (χ3n) is 10.4. The molecular formula is C45H35N. The van der Waals surface area contributed by atoms with E-state index >= 15 is 0 Å². The first-order chi connectivity index (χ1) is 22.5. The lowest BCUT2D eigenvalue weighted by Crippen LogP contribution is -2.15. The van der Waals surface area contributed by atoms with E-state index in [4.69, 9.17) is 4.99 Å². The van der Waals surface area contributed by atoms with Crippen LogP contribution in [0.2, 0.25) is 0 Å². The zero-order valence-corrected chi connectivity index (χ0v) is 26.3. The summed E-state index contributed by atoms with van der Waals surface area (Å²) in [4.78, 5) is 5.23. The van der Waals surface area contributed by atoms with Crippen molar-refractivity contribution in [1.82, 2.24) is 0 Å². The van der Waals surface area contributed by atoms with E-state index in [2.05, 4.69) is 159 Å². The van der Waals surface area contributed by atoms with Gasteiger partial charge < -0.3 is 0 Å². The lowest BCUT2D eigenvalue weighted by atomic mass is 9.81. The highest BCUT2D eigenvalue weighted by atomic mass is 14.8. The summed E-state index contributed by atoms with van der Waals surface area (Å²) in [6, 6.07) is 51.5. The fourth-order valence-electron chi connectivity index (χ4n) is 7.98. The summed E-state index contributed by atoms with van der Waals surface area (Å²) in [5, 5.41) is 0. The van der Waals surface area contributed by atoms with Crippen molar-refractivity contribution >= 4 is 11.3 Å². The number of nitrogens with zero attached hydrogens (tertiary/aromatic N) is 1. The second-order valence-corrected chi connectivity index (χ2v) is 13.5. The molecule has 0 aromatic heterocycles. The quantitative estimate of drug-likeness (QED) is 0.194. The van der Waals surface area contributed by atoms with Crippen LogP contribution in [0, 0.1) is 0 Å². The predicted molar refractivity (Wildman–Crippen MR) is 192 cm³/mol. The molecule has 1 atom stereocenters. The average molecular weight is 590 g/mol. The summed E-state index contributed by atoms with van der Waals surface area (Å²) in [6.07, 6.45) is 4.20. The van der Waals surface area contributed by atoms with Crippen LogP contribution in [0.1, 0.15) is 65.3 Å². The van der Waals surface area contributed by atoms with Gasteiger partial charge in [0.15, 0.2) is 0 Å². The van der Waals surface area contributed by atoms with E-state index in [1.165, 1.54) is 72.3 Å². The van der Waals surface area contributed by atoms with E-state index < -0.39 is 0 Å². The van der Waals surface area contributed by atoms with Gasteiger partial charge in [-0.05, 0) is 121 Å². The molecule has 0 spiro atoms. The van der Waals surface area contributed by atoms with Gasteiger partial charge in [-0.2, -0.15) is 0 Å². The number of allylic oxidation sites excluding steroid dienone is 1. The van der Waals surface area contributed by atoms with Crippen LogP contribution in [0.15, 0.2) is 151 Å². The maximum Gasteiger partial charge on any atom is 0.0796 e. The minimum atomic E-state index is -0.0376. The smallest absolute Gasteiger partial charge is 0.0796 e. The molecule has 9 rings (SSSR count). The highest BCUT2D eigenvalue weighted by Crippen LogP contribution is 2.53. The van der Waals surface area contributed by atoms with Crippen molar-refractivity contribution in [3.63, 3.8) is 0 Å². The molecule has 1 heterocycles. The average Bonchev–Trinajstić information content (AvgIpc) is 3.59. The van der Waals surface area contributed by atoms with E-state index in [0.29, 0.717) is 0 Å². The molecule has 0 bridgehead atoms. The van der Waals surface area contributed by atoms with Gasteiger partial charge in [0.2, 0.25) is 0 Å². The van der Waals surface area contributed by atoms with E-state index in [0.717, 1.165) is 24.1 Å². The Morgan fingerprint density at radius 3 is 2.07 bits per heavy atom. The van der Waals surface area contributed by atoms with Gasteiger partial charge in [0.1, 0.15) is 0 Å². The van der Waals surface area contributed by atoms with Crippen LogP contribution < -0.4 is 0 Å². The van der Waals surface area contributed by atoms with E-state index in [-0.39, 0.29) is 11.5 Å². The molecule has 0 N–H and O–H groups in total. The largest absolute Gasteiger partial charge is 0.276 e. The van der Waals surface area contributed by atoms with Crippen molar-refractivity contribution in [2.75, 3.05) is 0 Å². The van der Waals surface area contributed by atoms with Crippen LogP contribution in [0.25, 0.3) is 39.0 Å². The maximum absolute atomic E-state index is 5.23. The third kappa shape index (κ3) is 4.34. The Bertz CT molecular complexity index is 2220. The number of fused-ring (bicyclic) bond motifs is 6. The van der Waals surface area contributed by atoms with Crippen molar-refractivity contribution in [2.45, 2.75) is 38.1 Å². The van der Waals surface area contributed by atoms with Gasteiger partial charge in [-0.25, -0.2) is 0 Å². The monoisotopic (exact) mass is 589 g/mol. The molecule has 0 saturated heterocycles. The normalized spacial score (nSPS) is 17.0. The molecule has 1 aliphatic heterocycles. The molecule has 0 fully saturated rings. The molecule has 1 heteroatoms. The van der Waals surface area contributed by atoms with Crippen molar-refractivity contribution in [3.05, 3.63) is 185 Å². The van der Waals surface area contributed by atoms with Crippen LogP contribution in [-0.4, -0.2) is 5.71 Å². The Morgan fingerprint density at radius 2 is 1.22 bits per heavy atom. The van der Waals surface area contributed by atoms with Crippen molar-refractivity contribution in [2.24, 2.45) is 4.99 Å². The van der Waals surface area contributed by atoms with Crippen molar-refractivity contribution < 1.29 is 0 Å². The van der Waals surface area contributed by atoms with Gasteiger partial charge in [0.25, 0.3) is 0 Å². The van der Waals surface area contributed by atoms with Gasteiger partial charge in [-0.3, -0.25) is 4.99 Å².